The largest absolute Gasteiger partial charge is 0.403 e. The molecule has 0 bridgehead atoms. The van der Waals surface area contributed by atoms with Gasteiger partial charge in [-0.15, -0.1) is 0 Å². The minimum atomic E-state index is 0.676. The number of benzene rings is 1. The molecule has 0 aliphatic carbocycles. The van der Waals surface area contributed by atoms with E-state index in [1.165, 1.54) is 6.20 Å². The van der Waals surface area contributed by atoms with E-state index in [0.29, 0.717) is 11.4 Å². The van der Waals surface area contributed by atoms with Crippen LogP contribution in [0.15, 0.2) is 30.5 Å². The summed E-state index contributed by atoms with van der Waals surface area (Å²) in [6, 6.07) is 7.26. The fourth-order valence-electron chi connectivity index (χ4n) is 0.890. The molecule has 1 rings (SSSR count). The van der Waals surface area contributed by atoms with Crippen LogP contribution in [-0.4, -0.2) is 0 Å². The molecule has 0 unspecified atom stereocenters. The highest BCUT2D eigenvalue weighted by Crippen LogP contribution is 2.11. The zero-order valence-corrected chi connectivity index (χ0v) is 6.62. The molecule has 0 aliphatic rings. The number of nitrogens with one attached hydrogen (secondary N) is 1. The van der Waals surface area contributed by atoms with E-state index < -0.39 is 0 Å². The first-order chi connectivity index (χ1) is 5.77. The van der Waals surface area contributed by atoms with Crippen molar-refractivity contribution in [2.75, 3.05) is 5.73 Å². The number of nitrogen functional groups attached to an aromatic ring is 1. The lowest BCUT2D eigenvalue weighted by molar-refractivity contribution is 0.988. The summed E-state index contributed by atoms with van der Waals surface area (Å²) in [6.45, 7) is 0. The van der Waals surface area contributed by atoms with E-state index in [4.69, 9.17) is 17.3 Å². The van der Waals surface area contributed by atoms with Crippen molar-refractivity contribution in [1.82, 2.24) is 5.43 Å². The van der Waals surface area contributed by atoms with Gasteiger partial charge in [0.2, 0.25) is 0 Å². The summed E-state index contributed by atoms with van der Waals surface area (Å²) in [5.74, 6) is 5.22. The molecule has 12 heavy (non-hydrogen) atoms. The summed E-state index contributed by atoms with van der Waals surface area (Å²) < 4.78 is 0. The van der Waals surface area contributed by atoms with Crippen molar-refractivity contribution in [2.24, 2.45) is 11.6 Å². The fourth-order valence-corrected chi connectivity index (χ4v) is 0.890. The van der Waals surface area contributed by atoms with Crippen LogP contribution in [0.25, 0.3) is 5.70 Å². The van der Waals surface area contributed by atoms with Crippen molar-refractivity contribution >= 4 is 11.4 Å². The van der Waals surface area contributed by atoms with Crippen LogP contribution in [0.4, 0.5) is 5.69 Å². The smallest absolute Gasteiger partial charge is 0.0713 e. The van der Waals surface area contributed by atoms with Gasteiger partial charge >= 0.3 is 0 Å². The third kappa shape index (κ3) is 1.67. The van der Waals surface area contributed by atoms with Gasteiger partial charge in [0.25, 0.3) is 0 Å². The highest BCUT2D eigenvalue weighted by atomic mass is 15.2. The Morgan fingerprint density at radius 1 is 1.25 bits per heavy atom. The van der Waals surface area contributed by atoms with E-state index in [2.05, 4.69) is 5.43 Å². The Morgan fingerprint density at radius 2 is 1.83 bits per heavy atom. The number of hydrazine groups is 1. The van der Waals surface area contributed by atoms with Crippen molar-refractivity contribution in [3.8, 4) is 0 Å². The molecule has 64 valence electrons. The Bertz CT molecular complexity index is 276. The maximum atomic E-state index is 5.51. The van der Waals surface area contributed by atoms with Crippen LogP contribution in [0.5, 0.6) is 0 Å². The molecule has 0 aromatic heterocycles. The van der Waals surface area contributed by atoms with Crippen LogP contribution in [-0.2, 0) is 0 Å². The highest BCUT2D eigenvalue weighted by molar-refractivity contribution is 5.64. The summed E-state index contributed by atoms with van der Waals surface area (Å²) >= 11 is 0. The average molecular weight is 164 g/mol. The standard InChI is InChI=1S/C8H12N4/c9-5-8(12-11)6-1-3-7(10)4-2-6/h1-5,12H,9-11H2/b8-5-. The van der Waals surface area contributed by atoms with Crippen molar-refractivity contribution in [3.63, 3.8) is 0 Å². The van der Waals surface area contributed by atoms with Crippen LogP contribution in [0, 0.1) is 0 Å². The average Bonchev–Trinajstić information content (AvgIpc) is 2.10. The van der Waals surface area contributed by atoms with Gasteiger partial charge in [-0.05, 0) is 12.1 Å². The predicted molar refractivity (Wildman–Crippen MR) is 50.3 cm³/mol. The highest BCUT2D eigenvalue weighted by Gasteiger charge is 1.96. The van der Waals surface area contributed by atoms with Gasteiger partial charge in [0.15, 0.2) is 0 Å². The quantitative estimate of drug-likeness (QED) is 0.281. The number of nitrogens with two attached hydrogens (primary N) is 3. The first-order valence-electron chi connectivity index (χ1n) is 3.52. The minimum Gasteiger partial charge on any atom is -0.403 e. The lowest BCUT2D eigenvalue weighted by Crippen LogP contribution is -2.20. The van der Waals surface area contributed by atoms with Crippen molar-refractivity contribution in [1.29, 1.82) is 0 Å². The number of hydrogen-bond acceptors (Lipinski definition) is 4. The summed E-state index contributed by atoms with van der Waals surface area (Å²) in [4.78, 5) is 0. The fraction of sp³-hybridized carbons (Fsp3) is 0. The molecule has 0 saturated heterocycles. The third-order valence-electron chi connectivity index (χ3n) is 1.54. The van der Waals surface area contributed by atoms with Gasteiger partial charge in [-0.25, -0.2) is 0 Å². The van der Waals surface area contributed by atoms with E-state index in [0.717, 1.165) is 5.56 Å². The lowest BCUT2D eigenvalue weighted by atomic mass is 10.1. The lowest BCUT2D eigenvalue weighted by Gasteiger charge is -2.05. The van der Waals surface area contributed by atoms with E-state index in [9.17, 15) is 0 Å². The Labute approximate surface area is 71.0 Å². The van der Waals surface area contributed by atoms with Gasteiger partial charge in [-0.2, -0.15) is 0 Å². The first kappa shape index (κ1) is 8.42. The molecule has 0 spiro atoms. The molecule has 1 aromatic rings. The zero-order valence-electron chi connectivity index (χ0n) is 6.62. The summed E-state index contributed by atoms with van der Waals surface area (Å²) in [5.41, 5.74) is 15.6. The molecule has 0 atom stereocenters. The van der Waals surface area contributed by atoms with Crippen molar-refractivity contribution in [2.45, 2.75) is 0 Å². The molecule has 0 radical (unpaired) electrons. The molecule has 7 N–H and O–H groups in total. The van der Waals surface area contributed by atoms with Gasteiger partial charge < -0.3 is 16.9 Å². The van der Waals surface area contributed by atoms with Gasteiger partial charge in [0, 0.05) is 17.5 Å². The Balaban J connectivity index is 2.96. The van der Waals surface area contributed by atoms with Gasteiger partial charge in [-0.3, -0.25) is 5.84 Å². The van der Waals surface area contributed by atoms with Crippen LogP contribution in [0.2, 0.25) is 0 Å². The molecule has 1 aromatic carbocycles. The van der Waals surface area contributed by atoms with E-state index in [1.54, 1.807) is 12.1 Å². The number of rotatable bonds is 2. The van der Waals surface area contributed by atoms with Crippen LogP contribution in [0.1, 0.15) is 5.56 Å². The Hall–Kier alpha value is -1.68. The van der Waals surface area contributed by atoms with E-state index in [-0.39, 0.29) is 0 Å². The molecule has 0 amide bonds. The third-order valence-corrected chi connectivity index (χ3v) is 1.54. The zero-order chi connectivity index (χ0) is 8.97. The Kier molecular flexibility index (Phi) is 2.55. The van der Waals surface area contributed by atoms with Crippen LogP contribution >= 0.6 is 0 Å². The second-order valence-corrected chi connectivity index (χ2v) is 2.35. The van der Waals surface area contributed by atoms with Crippen LogP contribution < -0.4 is 22.7 Å². The molecular formula is C8H12N4. The topological polar surface area (TPSA) is 90.1 Å². The van der Waals surface area contributed by atoms with Gasteiger partial charge in [0.1, 0.15) is 0 Å². The molecule has 0 saturated carbocycles. The molecule has 0 fully saturated rings. The Morgan fingerprint density at radius 3 is 2.25 bits per heavy atom. The van der Waals surface area contributed by atoms with E-state index >= 15 is 0 Å². The van der Waals surface area contributed by atoms with Crippen LogP contribution in [0.3, 0.4) is 0 Å². The second kappa shape index (κ2) is 3.64. The SMILES string of the molecule is N/C=C(\NN)c1ccc(N)cc1. The maximum absolute atomic E-state index is 5.51. The number of hydrogen-bond donors (Lipinski definition) is 4. The monoisotopic (exact) mass is 164 g/mol. The minimum absolute atomic E-state index is 0.676. The number of anilines is 1. The second-order valence-electron chi connectivity index (χ2n) is 2.35. The summed E-state index contributed by atoms with van der Waals surface area (Å²) in [6.07, 6.45) is 1.41. The van der Waals surface area contributed by atoms with Crippen molar-refractivity contribution in [3.05, 3.63) is 36.0 Å². The summed E-state index contributed by atoms with van der Waals surface area (Å²) in [5, 5.41) is 0. The van der Waals surface area contributed by atoms with Gasteiger partial charge in [0.05, 0.1) is 5.70 Å². The molecule has 0 heterocycles. The predicted octanol–water partition coefficient (Wildman–Crippen LogP) is -0.0108. The first-order valence-corrected chi connectivity index (χ1v) is 3.52. The van der Waals surface area contributed by atoms with E-state index in [1.807, 2.05) is 12.1 Å². The maximum Gasteiger partial charge on any atom is 0.0713 e. The summed E-state index contributed by atoms with van der Waals surface area (Å²) in [7, 11) is 0. The molecule has 4 heteroatoms. The normalized spacial score (nSPS) is 11.2. The molecule has 4 nitrogen and oxygen atoms in total. The van der Waals surface area contributed by atoms with Gasteiger partial charge in [-0.1, -0.05) is 12.1 Å². The molecular weight excluding hydrogens is 152 g/mol. The molecule has 0 aliphatic heterocycles. The van der Waals surface area contributed by atoms with Crippen molar-refractivity contribution < 1.29 is 0 Å².